The fourth-order valence-corrected chi connectivity index (χ4v) is 1.45. The lowest BCUT2D eigenvalue weighted by atomic mass is 10.0. The van der Waals surface area contributed by atoms with Crippen LogP contribution in [0.1, 0.15) is 19.4 Å². The third-order valence-corrected chi connectivity index (χ3v) is 2.26. The monoisotopic (exact) mass is 278 g/mol. The predicted octanol–water partition coefficient (Wildman–Crippen LogP) is 3.58. The molecule has 0 aliphatic carbocycles. The van der Waals surface area contributed by atoms with Crippen LogP contribution in [0.5, 0.6) is 0 Å². The Balaban J connectivity index is 2.71. The minimum Gasteiger partial charge on any atom is -0.244 e. The zero-order valence-corrected chi connectivity index (χ0v) is 9.43. The molecule has 0 bridgehead atoms. The third-order valence-electron chi connectivity index (χ3n) is 1.54. The van der Waals surface area contributed by atoms with Crippen molar-refractivity contribution in [2.75, 3.05) is 0 Å². The summed E-state index contributed by atoms with van der Waals surface area (Å²) >= 11 is 2.24. The number of rotatable bonds is 2. The fraction of sp³-hybridized carbons (Fsp3) is 0.400. The van der Waals surface area contributed by atoms with E-state index in [9.17, 15) is 4.39 Å². The summed E-state index contributed by atoms with van der Waals surface area (Å²) in [5, 5.41) is 0. The highest BCUT2D eigenvalue weighted by molar-refractivity contribution is 14.1. The largest absolute Gasteiger partial charge is 0.244 e. The molecule has 0 N–H and O–H groups in total. The predicted molar refractivity (Wildman–Crippen MR) is 58.1 cm³/mol. The standard InChI is InChI=1S/C10H12FI/c1-10(2,11)7-8-3-5-9(12)6-4-8/h3-6H,7H2,1-2H3. The molecular weight excluding hydrogens is 266 g/mol. The number of halogens is 2. The molecule has 0 spiro atoms. The Morgan fingerprint density at radius 3 is 2.17 bits per heavy atom. The fourth-order valence-electron chi connectivity index (χ4n) is 1.09. The van der Waals surface area contributed by atoms with Crippen LogP contribution < -0.4 is 0 Å². The summed E-state index contributed by atoms with van der Waals surface area (Å²) in [5.41, 5.74) is -0.0461. The Kier molecular flexibility index (Phi) is 3.09. The van der Waals surface area contributed by atoms with E-state index >= 15 is 0 Å². The summed E-state index contributed by atoms with van der Waals surface area (Å²) in [7, 11) is 0. The van der Waals surface area contributed by atoms with Gasteiger partial charge in [-0.2, -0.15) is 0 Å². The number of alkyl halides is 1. The van der Waals surface area contributed by atoms with Crippen LogP contribution in [0.25, 0.3) is 0 Å². The van der Waals surface area contributed by atoms with Crippen LogP contribution in [0.4, 0.5) is 4.39 Å². The van der Waals surface area contributed by atoms with Crippen LogP contribution in [0, 0.1) is 3.57 Å². The van der Waals surface area contributed by atoms with Gasteiger partial charge in [0, 0.05) is 9.99 Å². The van der Waals surface area contributed by atoms with E-state index in [0.29, 0.717) is 6.42 Å². The SMILES string of the molecule is CC(C)(F)Cc1ccc(I)cc1. The molecule has 0 aliphatic rings. The summed E-state index contributed by atoms with van der Waals surface area (Å²) in [6.45, 7) is 3.20. The van der Waals surface area contributed by atoms with E-state index in [1.54, 1.807) is 13.8 Å². The number of benzene rings is 1. The van der Waals surface area contributed by atoms with Gasteiger partial charge in [-0.25, -0.2) is 4.39 Å². The van der Waals surface area contributed by atoms with Crippen LogP contribution in [-0.2, 0) is 6.42 Å². The number of hydrogen-bond donors (Lipinski definition) is 0. The molecule has 1 aromatic rings. The van der Waals surface area contributed by atoms with Gasteiger partial charge in [-0.1, -0.05) is 12.1 Å². The van der Waals surface area contributed by atoms with Gasteiger partial charge >= 0.3 is 0 Å². The lowest BCUT2D eigenvalue weighted by Crippen LogP contribution is -2.15. The van der Waals surface area contributed by atoms with E-state index in [2.05, 4.69) is 22.6 Å². The first-order valence-electron chi connectivity index (χ1n) is 3.91. The van der Waals surface area contributed by atoms with Crippen molar-refractivity contribution in [2.45, 2.75) is 25.9 Å². The first-order chi connectivity index (χ1) is 5.47. The molecule has 0 saturated carbocycles. The molecule has 12 heavy (non-hydrogen) atoms. The molecule has 0 atom stereocenters. The topological polar surface area (TPSA) is 0 Å². The van der Waals surface area contributed by atoms with Crippen molar-refractivity contribution in [1.29, 1.82) is 0 Å². The summed E-state index contributed by atoms with van der Waals surface area (Å²) in [4.78, 5) is 0. The maximum Gasteiger partial charge on any atom is 0.109 e. The smallest absolute Gasteiger partial charge is 0.109 e. The van der Waals surface area contributed by atoms with Crippen molar-refractivity contribution in [3.05, 3.63) is 33.4 Å². The van der Waals surface area contributed by atoms with Gasteiger partial charge in [0.25, 0.3) is 0 Å². The first-order valence-corrected chi connectivity index (χ1v) is 4.99. The second-order valence-corrected chi connectivity index (χ2v) is 4.77. The van der Waals surface area contributed by atoms with Crippen LogP contribution in [0.3, 0.4) is 0 Å². The van der Waals surface area contributed by atoms with E-state index in [1.165, 1.54) is 3.57 Å². The van der Waals surface area contributed by atoms with Crippen molar-refractivity contribution < 1.29 is 4.39 Å². The lowest BCUT2D eigenvalue weighted by molar-refractivity contribution is 0.217. The lowest BCUT2D eigenvalue weighted by Gasteiger charge is -2.13. The molecule has 0 aliphatic heterocycles. The van der Waals surface area contributed by atoms with Crippen molar-refractivity contribution in [1.82, 2.24) is 0 Å². The molecule has 0 radical (unpaired) electrons. The van der Waals surface area contributed by atoms with Crippen molar-refractivity contribution in [2.24, 2.45) is 0 Å². The average Bonchev–Trinajstić information content (AvgIpc) is 1.91. The van der Waals surface area contributed by atoms with Crippen molar-refractivity contribution in [3.63, 3.8) is 0 Å². The van der Waals surface area contributed by atoms with E-state index in [0.717, 1.165) is 5.56 Å². The molecule has 0 fully saturated rings. The molecule has 1 aromatic carbocycles. The van der Waals surface area contributed by atoms with Gasteiger partial charge in [0.1, 0.15) is 5.67 Å². The zero-order valence-electron chi connectivity index (χ0n) is 7.27. The average molecular weight is 278 g/mol. The van der Waals surface area contributed by atoms with Gasteiger partial charge in [0.05, 0.1) is 0 Å². The molecule has 2 heteroatoms. The summed E-state index contributed by atoms with van der Waals surface area (Å²) < 4.78 is 14.4. The summed E-state index contributed by atoms with van der Waals surface area (Å²) in [6.07, 6.45) is 0.490. The minimum atomic E-state index is -1.10. The van der Waals surface area contributed by atoms with Crippen molar-refractivity contribution in [3.8, 4) is 0 Å². The molecule has 0 saturated heterocycles. The van der Waals surface area contributed by atoms with Gasteiger partial charge in [0.2, 0.25) is 0 Å². The second kappa shape index (κ2) is 3.73. The van der Waals surface area contributed by atoms with Crippen LogP contribution >= 0.6 is 22.6 Å². The summed E-state index contributed by atoms with van der Waals surface area (Å²) in [5.74, 6) is 0. The molecule has 0 nitrogen and oxygen atoms in total. The molecule has 66 valence electrons. The Bertz CT molecular complexity index is 246. The Morgan fingerprint density at radius 2 is 1.75 bits per heavy atom. The highest BCUT2D eigenvalue weighted by atomic mass is 127. The van der Waals surface area contributed by atoms with Gasteiger partial charge in [-0.05, 0) is 54.1 Å². The second-order valence-electron chi connectivity index (χ2n) is 3.52. The molecule has 0 aromatic heterocycles. The Labute approximate surface area is 86.3 Å². The summed E-state index contributed by atoms with van der Waals surface area (Å²) in [6, 6.07) is 7.95. The minimum absolute atomic E-state index is 0.490. The highest BCUT2D eigenvalue weighted by Gasteiger charge is 2.15. The normalized spacial score (nSPS) is 11.7. The maximum atomic E-state index is 13.2. The number of hydrogen-bond acceptors (Lipinski definition) is 0. The third kappa shape index (κ3) is 3.52. The zero-order chi connectivity index (χ0) is 9.19. The Morgan fingerprint density at radius 1 is 1.25 bits per heavy atom. The maximum absolute atomic E-state index is 13.2. The van der Waals surface area contributed by atoms with E-state index in [-0.39, 0.29) is 0 Å². The van der Waals surface area contributed by atoms with Crippen LogP contribution in [0.2, 0.25) is 0 Å². The van der Waals surface area contributed by atoms with Gasteiger partial charge in [-0.15, -0.1) is 0 Å². The van der Waals surface area contributed by atoms with Gasteiger partial charge in [0.15, 0.2) is 0 Å². The van der Waals surface area contributed by atoms with Crippen molar-refractivity contribution >= 4 is 22.6 Å². The molecular formula is C10H12FI. The van der Waals surface area contributed by atoms with Gasteiger partial charge in [-0.3, -0.25) is 0 Å². The quantitative estimate of drug-likeness (QED) is 0.725. The first kappa shape index (κ1) is 9.96. The molecule has 1 rings (SSSR count). The van der Waals surface area contributed by atoms with E-state index in [1.807, 2.05) is 24.3 Å². The van der Waals surface area contributed by atoms with Crippen LogP contribution in [0.15, 0.2) is 24.3 Å². The molecule has 0 heterocycles. The van der Waals surface area contributed by atoms with E-state index < -0.39 is 5.67 Å². The van der Waals surface area contributed by atoms with Crippen LogP contribution in [-0.4, -0.2) is 5.67 Å². The Hall–Kier alpha value is -0.120. The highest BCUT2D eigenvalue weighted by Crippen LogP contribution is 2.17. The van der Waals surface area contributed by atoms with E-state index in [4.69, 9.17) is 0 Å². The van der Waals surface area contributed by atoms with Gasteiger partial charge < -0.3 is 0 Å². The molecule has 0 unspecified atom stereocenters. The molecule has 0 amide bonds.